The molecule has 0 aliphatic rings. The maximum Gasteiger partial charge on any atom is 0.163 e. The summed E-state index contributed by atoms with van der Waals surface area (Å²) in [6, 6.07) is 3.95. The molecule has 0 saturated heterocycles. The molecule has 108 valence electrons. The minimum Gasteiger partial charge on any atom is -0.335 e. The van der Waals surface area contributed by atoms with Crippen molar-refractivity contribution >= 4 is 0 Å². The van der Waals surface area contributed by atoms with Gasteiger partial charge in [0.1, 0.15) is 5.82 Å². The van der Waals surface area contributed by atoms with E-state index in [4.69, 9.17) is 0 Å². The van der Waals surface area contributed by atoms with Crippen LogP contribution in [0.5, 0.6) is 0 Å². The summed E-state index contributed by atoms with van der Waals surface area (Å²) in [5.41, 5.74) is 0.332. The van der Waals surface area contributed by atoms with Gasteiger partial charge in [0.25, 0.3) is 0 Å². The molecule has 1 N–H and O–H groups in total. The molecule has 1 heterocycles. The van der Waals surface area contributed by atoms with Crippen LogP contribution in [0, 0.1) is 11.6 Å². The highest BCUT2D eigenvalue weighted by molar-refractivity contribution is 5.23. The van der Waals surface area contributed by atoms with Crippen molar-refractivity contribution in [1.29, 1.82) is 0 Å². The molecule has 20 heavy (non-hydrogen) atoms. The third-order valence-electron chi connectivity index (χ3n) is 3.36. The largest absolute Gasteiger partial charge is 0.335 e. The van der Waals surface area contributed by atoms with E-state index in [-0.39, 0.29) is 6.04 Å². The number of halogens is 2. The van der Waals surface area contributed by atoms with Gasteiger partial charge in [-0.2, -0.15) is 0 Å². The first-order chi connectivity index (χ1) is 9.67. The van der Waals surface area contributed by atoms with Crippen molar-refractivity contribution < 1.29 is 8.78 Å². The van der Waals surface area contributed by atoms with E-state index in [1.54, 1.807) is 19.3 Å². The summed E-state index contributed by atoms with van der Waals surface area (Å²) in [6.45, 7) is 2.96. The van der Waals surface area contributed by atoms with E-state index < -0.39 is 11.6 Å². The molecule has 0 bridgehead atoms. The molecular weight excluding hydrogens is 260 g/mol. The van der Waals surface area contributed by atoms with E-state index in [0.717, 1.165) is 24.9 Å². The summed E-state index contributed by atoms with van der Waals surface area (Å²) in [5.74, 6) is -0.741. The molecule has 5 heteroatoms. The maximum atomic E-state index is 13.9. The van der Waals surface area contributed by atoms with Crippen LogP contribution in [0.25, 0.3) is 0 Å². The summed E-state index contributed by atoms with van der Waals surface area (Å²) in [5, 5.41) is 3.03. The van der Waals surface area contributed by atoms with Gasteiger partial charge in [0.2, 0.25) is 0 Å². The van der Waals surface area contributed by atoms with Gasteiger partial charge in [0.15, 0.2) is 11.6 Å². The van der Waals surface area contributed by atoms with Crippen LogP contribution in [-0.2, 0) is 13.0 Å². The van der Waals surface area contributed by atoms with Gasteiger partial charge in [-0.3, -0.25) is 0 Å². The first kappa shape index (κ1) is 14.7. The number of nitrogens with one attached hydrogen (secondary N) is 1. The van der Waals surface area contributed by atoms with Crippen molar-refractivity contribution in [3.63, 3.8) is 0 Å². The lowest BCUT2D eigenvalue weighted by Gasteiger charge is -2.18. The van der Waals surface area contributed by atoms with Gasteiger partial charge in [-0.15, -0.1) is 0 Å². The lowest BCUT2D eigenvalue weighted by molar-refractivity contribution is 0.466. The Kier molecular flexibility index (Phi) is 4.84. The quantitative estimate of drug-likeness (QED) is 0.880. The fraction of sp³-hybridized carbons (Fsp3) is 0.400. The van der Waals surface area contributed by atoms with E-state index in [0.29, 0.717) is 12.0 Å². The second-order valence-electron chi connectivity index (χ2n) is 4.73. The summed E-state index contributed by atoms with van der Waals surface area (Å²) in [7, 11) is 1.74. The smallest absolute Gasteiger partial charge is 0.163 e. The topological polar surface area (TPSA) is 29.9 Å². The number of imidazole rings is 1. The molecule has 0 saturated carbocycles. The Hall–Kier alpha value is -1.75. The van der Waals surface area contributed by atoms with Crippen LogP contribution in [0.15, 0.2) is 30.6 Å². The second-order valence-corrected chi connectivity index (χ2v) is 4.73. The van der Waals surface area contributed by atoms with Gasteiger partial charge in [0, 0.05) is 37.0 Å². The summed E-state index contributed by atoms with van der Waals surface area (Å²) in [6.07, 6.45) is 5.17. The van der Waals surface area contributed by atoms with Gasteiger partial charge in [-0.25, -0.2) is 13.8 Å². The Bertz CT molecular complexity index is 566. The number of nitrogens with zero attached hydrogens (tertiary/aromatic N) is 2. The highest BCUT2D eigenvalue weighted by Gasteiger charge is 2.19. The Morgan fingerprint density at radius 3 is 2.85 bits per heavy atom. The minimum atomic E-state index is -0.820. The van der Waals surface area contributed by atoms with Crippen molar-refractivity contribution in [3.8, 4) is 0 Å². The van der Waals surface area contributed by atoms with Crippen LogP contribution in [0.4, 0.5) is 8.78 Å². The monoisotopic (exact) mass is 279 g/mol. The average molecular weight is 279 g/mol. The molecule has 0 fully saturated rings. The van der Waals surface area contributed by atoms with Crippen molar-refractivity contribution in [3.05, 3.63) is 53.6 Å². The third-order valence-corrected chi connectivity index (χ3v) is 3.36. The Balaban J connectivity index is 2.24. The lowest BCUT2D eigenvalue weighted by atomic mass is 10.0. The molecule has 1 unspecified atom stereocenters. The molecule has 2 aromatic rings. The maximum absolute atomic E-state index is 13.9. The highest BCUT2D eigenvalue weighted by atomic mass is 19.2. The molecule has 1 aromatic carbocycles. The van der Waals surface area contributed by atoms with Gasteiger partial charge in [0.05, 0.1) is 0 Å². The van der Waals surface area contributed by atoms with Crippen LogP contribution in [0.1, 0.15) is 30.8 Å². The number of aryl methyl sites for hydroxylation is 1. The van der Waals surface area contributed by atoms with E-state index >= 15 is 0 Å². The zero-order valence-corrected chi connectivity index (χ0v) is 11.7. The number of rotatable bonds is 6. The first-order valence-electron chi connectivity index (χ1n) is 6.78. The van der Waals surface area contributed by atoms with E-state index in [1.165, 1.54) is 6.07 Å². The van der Waals surface area contributed by atoms with Crippen LogP contribution >= 0.6 is 0 Å². The molecule has 0 radical (unpaired) electrons. The number of hydrogen-bond acceptors (Lipinski definition) is 2. The predicted octanol–water partition coefficient (Wildman–Crippen LogP) is 3.07. The van der Waals surface area contributed by atoms with Crippen LogP contribution in [0.3, 0.4) is 0 Å². The number of benzene rings is 1. The van der Waals surface area contributed by atoms with Crippen LogP contribution in [0.2, 0.25) is 0 Å². The van der Waals surface area contributed by atoms with Crippen molar-refractivity contribution in [1.82, 2.24) is 14.9 Å². The number of hydrogen-bond donors (Lipinski definition) is 1. The van der Waals surface area contributed by atoms with Crippen molar-refractivity contribution in [2.75, 3.05) is 7.05 Å². The second kappa shape index (κ2) is 6.61. The summed E-state index contributed by atoms with van der Waals surface area (Å²) < 4.78 is 29.2. The van der Waals surface area contributed by atoms with E-state index in [1.807, 2.05) is 10.8 Å². The minimum absolute atomic E-state index is 0.302. The molecule has 0 amide bonds. The number of likely N-dealkylation sites (N-methyl/N-ethyl adjacent to an activating group) is 1. The zero-order valence-electron chi connectivity index (χ0n) is 11.7. The summed E-state index contributed by atoms with van der Waals surface area (Å²) >= 11 is 0. The van der Waals surface area contributed by atoms with Gasteiger partial charge < -0.3 is 9.88 Å². The standard InChI is InChI=1S/C15H19F2N3/c1-3-8-20-9-7-19-14(20)10-13(18-2)11-5-4-6-12(16)15(11)17/h4-7,9,13,18H,3,8,10H2,1-2H3. The zero-order chi connectivity index (χ0) is 14.5. The van der Waals surface area contributed by atoms with Crippen LogP contribution in [-0.4, -0.2) is 16.6 Å². The first-order valence-corrected chi connectivity index (χ1v) is 6.78. The average Bonchev–Trinajstić information content (AvgIpc) is 2.87. The molecule has 0 spiro atoms. The Morgan fingerprint density at radius 2 is 2.15 bits per heavy atom. The molecule has 2 rings (SSSR count). The predicted molar refractivity (Wildman–Crippen MR) is 74.4 cm³/mol. The molecular formula is C15H19F2N3. The van der Waals surface area contributed by atoms with E-state index in [2.05, 4.69) is 17.2 Å². The Morgan fingerprint density at radius 1 is 1.35 bits per heavy atom. The molecule has 1 atom stereocenters. The lowest BCUT2D eigenvalue weighted by Crippen LogP contribution is -2.22. The Labute approximate surface area is 117 Å². The normalized spacial score (nSPS) is 12.6. The van der Waals surface area contributed by atoms with Gasteiger partial charge >= 0.3 is 0 Å². The molecule has 0 aliphatic heterocycles. The fourth-order valence-corrected chi connectivity index (χ4v) is 2.31. The fourth-order valence-electron chi connectivity index (χ4n) is 2.31. The van der Waals surface area contributed by atoms with Gasteiger partial charge in [-0.05, 0) is 19.5 Å². The van der Waals surface area contributed by atoms with Crippen LogP contribution < -0.4 is 5.32 Å². The van der Waals surface area contributed by atoms with Crippen molar-refractivity contribution in [2.45, 2.75) is 32.4 Å². The van der Waals surface area contributed by atoms with Crippen molar-refractivity contribution in [2.24, 2.45) is 0 Å². The SMILES string of the molecule is CCCn1ccnc1CC(NC)c1cccc(F)c1F. The number of aromatic nitrogens is 2. The molecule has 3 nitrogen and oxygen atoms in total. The summed E-state index contributed by atoms with van der Waals surface area (Å²) in [4.78, 5) is 4.31. The third kappa shape index (κ3) is 3.04. The molecule has 0 aliphatic carbocycles. The highest BCUT2D eigenvalue weighted by Crippen LogP contribution is 2.22. The molecule has 1 aromatic heterocycles. The van der Waals surface area contributed by atoms with Gasteiger partial charge in [-0.1, -0.05) is 19.1 Å². The van der Waals surface area contributed by atoms with E-state index in [9.17, 15) is 8.78 Å².